The number of benzene rings is 1. The number of thiophene rings is 1. The Bertz CT molecular complexity index is 1370. The molecule has 1 aliphatic rings. The van der Waals surface area contributed by atoms with Crippen LogP contribution in [0, 0.1) is 5.92 Å². The standard InChI is InChI=1S/C24H31N5O3SSi/c1-34(2,3)9-8-32-15-29-14-27-18-10-17(4-5-19(18)29)22-21-20(23(31)26-13-25-21)24(33-22)28-7-6-16(11-28)12-30/h4-5,10,13-14,16,30H,6-9,11-12,15H2,1-3H3,(H,25,26,31). The van der Waals surface area contributed by atoms with Crippen molar-refractivity contribution in [1.29, 1.82) is 0 Å². The van der Waals surface area contributed by atoms with Gasteiger partial charge in [0.2, 0.25) is 0 Å². The van der Waals surface area contributed by atoms with E-state index >= 15 is 0 Å². The third-order valence-corrected chi connectivity index (χ3v) is 9.42. The van der Waals surface area contributed by atoms with Crippen LogP contribution in [0.25, 0.3) is 32.4 Å². The Kier molecular flexibility index (Phi) is 6.32. The zero-order chi connectivity index (χ0) is 23.9. The minimum Gasteiger partial charge on any atom is -0.396 e. The fraction of sp³-hybridized carbons (Fsp3) is 0.458. The van der Waals surface area contributed by atoms with Crippen molar-refractivity contribution in [2.45, 2.75) is 38.8 Å². The second-order valence-corrected chi connectivity index (χ2v) is 16.9. The van der Waals surface area contributed by atoms with Crippen LogP contribution in [-0.4, -0.2) is 59.0 Å². The molecule has 5 rings (SSSR count). The largest absolute Gasteiger partial charge is 0.396 e. The van der Waals surface area contributed by atoms with Crippen molar-refractivity contribution in [2.24, 2.45) is 5.92 Å². The zero-order valence-electron chi connectivity index (χ0n) is 19.9. The molecule has 3 aromatic heterocycles. The monoisotopic (exact) mass is 497 g/mol. The number of aliphatic hydroxyl groups is 1. The van der Waals surface area contributed by atoms with Crippen LogP contribution in [0.15, 0.2) is 35.6 Å². The van der Waals surface area contributed by atoms with Gasteiger partial charge in [-0.2, -0.15) is 0 Å². The molecule has 1 aliphatic heterocycles. The van der Waals surface area contributed by atoms with Crippen LogP contribution >= 0.6 is 11.3 Å². The van der Waals surface area contributed by atoms with Gasteiger partial charge in [-0.25, -0.2) is 9.97 Å². The maximum absolute atomic E-state index is 12.8. The van der Waals surface area contributed by atoms with E-state index in [1.165, 1.54) is 6.33 Å². The van der Waals surface area contributed by atoms with Crippen LogP contribution in [0.3, 0.4) is 0 Å². The van der Waals surface area contributed by atoms with E-state index < -0.39 is 8.07 Å². The van der Waals surface area contributed by atoms with Crippen molar-refractivity contribution in [2.75, 3.05) is 31.2 Å². The number of fused-ring (bicyclic) bond motifs is 2. The van der Waals surface area contributed by atoms with Crippen molar-refractivity contribution in [3.05, 3.63) is 41.2 Å². The normalized spacial score (nSPS) is 16.8. The summed E-state index contributed by atoms with van der Waals surface area (Å²) in [4.78, 5) is 27.8. The number of anilines is 1. The highest BCUT2D eigenvalue weighted by Gasteiger charge is 2.27. The molecule has 0 bridgehead atoms. The predicted octanol–water partition coefficient (Wildman–Crippen LogP) is 4.13. The van der Waals surface area contributed by atoms with Crippen molar-refractivity contribution < 1.29 is 9.84 Å². The van der Waals surface area contributed by atoms with Gasteiger partial charge in [-0.3, -0.25) is 4.79 Å². The van der Waals surface area contributed by atoms with Gasteiger partial charge in [0, 0.05) is 40.3 Å². The van der Waals surface area contributed by atoms with Gasteiger partial charge < -0.3 is 24.3 Å². The van der Waals surface area contributed by atoms with Crippen LogP contribution in [0.2, 0.25) is 25.7 Å². The number of H-pyrrole nitrogens is 1. The van der Waals surface area contributed by atoms with Gasteiger partial charge in [0.1, 0.15) is 17.1 Å². The lowest BCUT2D eigenvalue weighted by molar-refractivity contribution is 0.0898. The zero-order valence-corrected chi connectivity index (χ0v) is 21.7. The number of aromatic amines is 1. The summed E-state index contributed by atoms with van der Waals surface area (Å²) in [6.45, 7) is 10.1. The molecule has 1 fully saturated rings. The summed E-state index contributed by atoms with van der Waals surface area (Å²) < 4.78 is 7.95. The number of nitrogens with one attached hydrogen (secondary N) is 1. The minimum absolute atomic E-state index is 0.129. The molecule has 0 saturated carbocycles. The van der Waals surface area contributed by atoms with E-state index in [1.807, 2.05) is 10.9 Å². The summed E-state index contributed by atoms with van der Waals surface area (Å²) in [5.74, 6) is 0.240. The molecule has 1 atom stereocenters. The Balaban J connectivity index is 1.46. The summed E-state index contributed by atoms with van der Waals surface area (Å²) >= 11 is 1.59. The highest BCUT2D eigenvalue weighted by molar-refractivity contribution is 7.21. The van der Waals surface area contributed by atoms with E-state index in [2.05, 4.69) is 57.7 Å². The summed E-state index contributed by atoms with van der Waals surface area (Å²) in [5.41, 5.74) is 3.49. The highest BCUT2D eigenvalue weighted by Crippen LogP contribution is 2.43. The van der Waals surface area contributed by atoms with Gasteiger partial charge >= 0.3 is 0 Å². The average molecular weight is 498 g/mol. The maximum Gasteiger partial charge on any atom is 0.261 e. The van der Waals surface area contributed by atoms with Crippen LogP contribution in [-0.2, 0) is 11.5 Å². The Morgan fingerprint density at radius 3 is 2.91 bits per heavy atom. The molecule has 1 unspecified atom stereocenters. The van der Waals surface area contributed by atoms with Gasteiger partial charge in [-0.15, -0.1) is 11.3 Å². The molecule has 10 heteroatoms. The van der Waals surface area contributed by atoms with Gasteiger partial charge in [0.05, 0.1) is 34.1 Å². The number of imidazole rings is 1. The van der Waals surface area contributed by atoms with E-state index in [0.717, 1.165) is 58.6 Å². The Labute approximate surface area is 203 Å². The average Bonchev–Trinajstić information content (AvgIpc) is 3.52. The number of hydrogen-bond donors (Lipinski definition) is 2. The fourth-order valence-corrected chi connectivity index (χ4v) is 6.43. The minimum atomic E-state index is -1.11. The van der Waals surface area contributed by atoms with Gasteiger partial charge in [0.15, 0.2) is 0 Å². The topological polar surface area (TPSA) is 96.3 Å². The second-order valence-electron chi connectivity index (χ2n) is 10.2. The molecule has 0 spiro atoms. The smallest absolute Gasteiger partial charge is 0.261 e. The van der Waals surface area contributed by atoms with Crippen molar-refractivity contribution in [3.63, 3.8) is 0 Å². The fourth-order valence-electron chi connectivity index (χ4n) is 4.40. The first-order chi connectivity index (χ1) is 16.3. The van der Waals surface area contributed by atoms with Crippen LogP contribution < -0.4 is 10.5 Å². The molecule has 8 nitrogen and oxygen atoms in total. The summed E-state index contributed by atoms with van der Waals surface area (Å²) in [7, 11) is -1.11. The van der Waals surface area contributed by atoms with Crippen LogP contribution in [0.4, 0.5) is 5.00 Å². The lowest BCUT2D eigenvalue weighted by Gasteiger charge is -2.16. The number of ether oxygens (including phenoxy) is 1. The van der Waals surface area contributed by atoms with E-state index in [9.17, 15) is 9.90 Å². The molecule has 1 aromatic carbocycles. The van der Waals surface area contributed by atoms with Crippen molar-refractivity contribution >= 4 is 46.3 Å². The summed E-state index contributed by atoms with van der Waals surface area (Å²) in [5, 5.41) is 11.1. The molecule has 34 heavy (non-hydrogen) atoms. The molecule has 0 radical (unpaired) electrons. The SMILES string of the molecule is C[Si](C)(C)CCOCn1cnc2cc(-c3sc(N4CCC(CO)C4)c4c(=O)[nH]cnc34)ccc21. The van der Waals surface area contributed by atoms with Gasteiger partial charge in [-0.05, 0) is 30.2 Å². The Hall–Kier alpha value is -2.53. The molecule has 4 heterocycles. The molecule has 0 aliphatic carbocycles. The molecule has 180 valence electrons. The molecule has 4 aromatic rings. The lowest BCUT2D eigenvalue weighted by Crippen LogP contribution is -2.21. The quantitative estimate of drug-likeness (QED) is 0.281. The predicted molar refractivity (Wildman–Crippen MR) is 140 cm³/mol. The van der Waals surface area contributed by atoms with E-state index in [4.69, 9.17) is 4.74 Å². The molecule has 1 saturated heterocycles. The molecular weight excluding hydrogens is 466 g/mol. The summed E-state index contributed by atoms with van der Waals surface area (Å²) in [6.07, 6.45) is 4.21. The first kappa shape index (κ1) is 23.2. The molecule has 2 N–H and O–H groups in total. The van der Waals surface area contributed by atoms with Gasteiger partial charge in [0.25, 0.3) is 5.56 Å². The number of hydrogen-bond acceptors (Lipinski definition) is 7. The first-order valence-corrected chi connectivity index (χ1v) is 16.3. The number of aromatic nitrogens is 4. The molecule has 0 amide bonds. The van der Waals surface area contributed by atoms with Crippen LogP contribution in [0.1, 0.15) is 6.42 Å². The van der Waals surface area contributed by atoms with Gasteiger partial charge in [-0.1, -0.05) is 25.7 Å². The number of nitrogens with zero attached hydrogens (tertiary/aromatic N) is 4. The Morgan fingerprint density at radius 2 is 2.15 bits per heavy atom. The first-order valence-electron chi connectivity index (χ1n) is 11.7. The maximum atomic E-state index is 12.8. The third kappa shape index (κ3) is 4.55. The number of aliphatic hydroxyl groups excluding tert-OH is 1. The third-order valence-electron chi connectivity index (χ3n) is 6.42. The molecular formula is C24H31N5O3SSi. The summed E-state index contributed by atoms with van der Waals surface area (Å²) in [6, 6.07) is 7.34. The second kappa shape index (κ2) is 9.25. The van der Waals surface area contributed by atoms with Crippen LogP contribution in [0.5, 0.6) is 0 Å². The van der Waals surface area contributed by atoms with Crippen molar-refractivity contribution in [1.82, 2.24) is 19.5 Å². The Morgan fingerprint density at radius 1 is 1.29 bits per heavy atom. The van der Waals surface area contributed by atoms with E-state index in [0.29, 0.717) is 17.6 Å². The number of rotatable bonds is 8. The van der Waals surface area contributed by atoms with Crippen molar-refractivity contribution in [3.8, 4) is 10.4 Å². The lowest BCUT2D eigenvalue weighted by atomic mass is 10.1. The highest BCUT2D eigenvalue weighted by atomic mass is 32.1. The van der Waals surface area contributed by atoms with E-state index in [-0.39, 0.29) is 18.1 Å². The van der Waals surface area contributed by atoms with E-state index in [1.54, 1.807) is 11.3 Å².